The van der Waals surface area contributed by atoms with Gasteiger partial charge >= 0.3 is 0 Å². The minimum absolute atomic E-state index is 0.776. The molecule has 0 saturated heterocycles. The van der Waals surface area contributed by atoms with Crippen LogP contribution in [0.25, 0.3) is 6.08 Å². The van der Waals surface area contributed by atoms with Crippen LogP contribution < -0.4 is 5.73 Å². The summed E-state index contributed by atoms with van der Waals surface area (Å²) in [6, 6.07) is 4.33. The van der Waals surface area contributed by atoms with E-state index in [2.05, 4.69) is 39.0 Å². The Kier molecular flexibility index (Phi) is 5.90. The summed E-state index contributed by atoms with van der Waals surface area (Å²) >= 11 is 0. The third-order valence-corrected chi connectivity index (χ3v) is 4.98. The second kappa shape index (κ2) is 7.68. The summed E-state index contributed by atoms with van der Waals surface area (Å²) in [4.78, 5) is 0. The number of nitrogens with two attached hydrogens (primary N) is 1. The van der Waals surface area contributed by atoms with Gasteiger partial charge in [-0.05, 0) is 55.7 Å². The van der Waals surface area contributed by atoms with Gasteiger partial charge in [0.05, 0.1) is 0 Å². The van der Waals surface area contributed by atoms with Gasteiger partial charge in [0, 0.05) is 11.3 Å². The molecular formula is C20H31N. The van der Waals surface area contributed by atoms with E-state index in [1.807, 2.05) is 0 Å². The first-order valence-corrected chi connectivity index (χ1v) is 8.75. The Morgan fingerprint density at radius 1 is 1.19 bits per heavy atom. The van der Waals surface area contributed by atoms with Gasteiger partial charge in [-0.1, -0.05) is 57.2 Å². The van der Waals surface area contributed by atoms with E-state index in [1.54, 1.807) is 0 Å². The van der Waals surface area contributed by atoms with Crippen molar-refractivity contribution in [1.29, 1.82) is 0 Å². The normalized spacial score (nSPS) is 17.2. The molecule has 0 unspecified atom stereocenters. The van der Waals surface area contributed by atoms with E-state index in [-0.39, 0.29) is 0 Å². The van der Waals surface area contributed by atoms with Gasteiger partial charge in [-0.25, -0.2) is 0 Å². The lowest BCUT2D eigenvalue weighted by Crippen LogP contribution is -2.08. The third-order valence-electron chi connectivity index (χ3n) is 4.98. The minimum Gasteiger partial charge on any atom is -0.398 e. The molecule has 116 valence electrons. The monoisotopic (exact) mass is 285 g/mol. The smallest absolute Gasteiger partial charge is 0.0390 e. The van der Waals surface area contributed by atoms with E-state index in [9.17, 15) is 0 Å². The Morgan fingerprint density at radius 3 is 2.52 bits per heavy atom. The number of anilines is 1. The Balaban J connectivity index is 2.34. The fraction of sp³-hybridized carbons (Fsp3) is 0.600. The Hall–Kier alpha value is -1.24. The van der Waals surface area contributed by atoms with Crippen LogP contribution in [0.3, 0.4) is 0 Å². The maximum Gasteiger partial charge on any atom is 0.0390 e. The molecular weight excluding hydrogens is 254 g/mol. The molecule has 0 heterocycles. The first-order chi connectivity index (χ1) is 10.2. The van der Waals surface area contributed by atoms with Crippen molar-refractivity contribution in [3.8, 4) is 0 Å². The molecule has 0 amide bonds. The summed E-state index contributed by atoms with van der Waals surface area (Å²) in [7, 11) is 0. The van der Waals surface area contributed by atoms with E-state index in [4.69, 9.17) is 5.73 Å². The van der Waals surface area contributed by atoms with E-state index < -0.39 is 0 Å². The highest BCUT2D eigenvalue weighted by atomic mass is 14.6. The number of rotatable bonds is 5. The lowest BCUT2D eigenvalue weighted by Gasteiger charge is -2.23. The molecule has 2 N–H and O–H groups in total. The number of aryl methyl sites for hydroxylation is 1. The van der Waals surface area contributed by atoms with Crippen molar-refractivity contribution >= 4 is 11.8 Å². The fourth-order valence-corrected chi connectivity index (χ4v) is 3.72. The van der Waals surface area contributed by atoms with Crippen molar-refractivity contribution in [3.63, 3.8) is 0 Å². The van der Waals surface area contributed by atoms with Gasteiger partial charge in [-0.3, -0.25) is 0 Å². The Labute approximate surface area is 130 Å². The van der Waals surface area contributed by atoms with Crippen molar-refractivity contribution in [1.82, 2.24) is 0 Å². The summed E-state index contributed by atoms with van der Waals surface area (Å²) in [6.07, 6.45) is 12.7. The van der Waals surface area contributed by atoms with Crippen molar-refractivity contribution in [2.24, 2.45) is 5.92 Å². The van der Waals surface area contributed by atoms with Gasteiger partial charge in [0.15, 0.2) is 0 Å². The summed E-state index contributed by atoms with van der Waals surface area (Å²) < 4.78 is 0. The lowest BCUT2D eigenvalue weighted by molar-refractivity contribution is 0.404. The van der Waals surface area contributed by atoms with Crippen LogP contribution >= 0.6 is 0 Å². The highest BCUT2D eigenvalue weighted by Gasteiger charge is 2.16. The Bertz CT molecular complexity index is 493. The maximum absolute atomic E-state index is 6.30. The molecule has 1 aromatic rings. The predicted molar refractivity (Wildman–Crippen MR) is 94.5 cm³/mol. The minimum atomic E-state index is 0.776. The van der Waals surface area contributed by atoms with Crippen molar-refractivity contribution < 1.29 is 0 Å². The molecule has 1 aliphatic carbocycles. The standard InChI is InChI=1S/C20H31N/c1-4-9-17-12-13-20(21)19(18(17)5-2)14-15(3)16-10-7-6-8-11-16/h12-14,16H,4-11,21H2,1-3H3/b15-14+. The molecule has 2 rings (SSSR count). The topological polar surface area (TPSA) is 26.0 Å². The Morgan fingerprint density at radius 2 is 1.90 bits per heavy atom. The third kappa shape index (κ3) is 3.90. The zero-order chi connectivity index (χ0) is 15.2. The summed E-state index contributed by atoms with van der Waals surface area (Å²) in [5, 5.41) is 0. The van der Waals surface area contributed by atoms with E-state index in [1.165, 1.54) is 60.8 Å². The first-order valence-electron chi connectivity index (χ1n) is 8.75. The molecule has 21 heavy (non-hydrogen) atoms. The maximum atomic E-state index is 6.30. The number of hydrogen-bond acceptors (Lipinski definition) is 1. The molecule has 0 aromatic heterocycles. The zero-order valence-electron chi connectivity index (χ0n) is 14.0. The summed E-state index contributed by atoms with van der Waals surface area (Å²) in [5.74, 6) is 0.776. The van der Waals surface area contributed by atoms with Crippen molar-refractivity contribution in [2.75, 3.05) is 5.73 Å². The van der Waals surface area contributed by atoms with Gasteiger partial charge in [-0.2, -0.15) is 0 Å². The fourth-order valence-electron chi connectivity index (χ4n) is 3.72. The largest absolute Gasteiger partial charge is 0.398 e. The van der Waals surface area contributed by atoms with Gasteiger partial charge in [-0.15, -0.1) is 0 Å². The van der Waals surface area contributed by atoms with Crippen LogP contribution in [-0.2, 0) is 12.8 Å². The highest BCUT2D eigenvalue weighted by molar-refractivity contribution is 5.70. The summed E-state index contributed by atoms with van der Waals surface area (Å²) in [6.45, 7) is 6.81. The second-order valence-corrected chi connectivity index (χ2v) is 6.53. The number of hydrogen-bond donors (Lipinski definition) is 1. The van der Waals surface area contributed by atoms with Gasteiger partial charge in [0.25, 0.3) is 0 Å². The molecule has 1 nitrogen and oxygen atoms in total. The molecule has 0 bridgehead atoms. The molecule has 0 spiro atoms. The van der Waals surface area contributed by atoms with E-state index in [0.717, 1.165) is 24.4 Å². The van der Waals surface area contributed by atoms with Crippen LogP contribution in [0.2, 0.25) is 0 Å². The average Bonchev–Trinajstić information content (AvgIpc) is 2.51. The summed E-state index contributed by atoms with van der Waals surface area (Å²) in [5.41, 5.74) is 13.0. The molecule has 1 aliphatic rings. The zero-order valence-corrected chi connectivity index (χ0v) is 14.0. The van der Waals surface area contributed by atoms with Gasteiger partial charge in [0.2, 0.25) is 0 Å². The molecule has 0 aliphatic heterocycles. The molecule has 1 aromatic carbocycles. The van der Waals surface area contributed by atoms with Crippen molar-refractivity contribution in [3.05, 3.63) is 34.4 Å². The number of nitrogen functional groups attached to an aromatic ring is 1. The number of benzene rings is 1. The van der Waals surface area contributed by atoms with Gasteiger partial charge in [0.1, 0.15) is 0 Å². The van der Waals surface area contributed by atoms with Crippen LogP contribution in [0.15, 0.2) is 17.7 Å². The molecule has 1 fully saturated rings. The van der Waals surface area contributed by atoms with Crippen LogP contribution in [0.4, 0.5) is 5.69 Å². The molecule has 0 atom stereocenters. The highest BCUT2D eigenvalue weighted by Crippen LogP contribution is 2.33. The molecule has 0 radical (unpaired) electrons. The predicted octanol–water partition coefficient (Wildman–Crippen LogP) is 5.77. The molecule has 1 heteroatoms. The molecule has 1 saturated carbocycles. The second-order valence-electron chi connectivity index (χ2n) is 6.53. The lowest BCUT2D eigenvalue weighted by atomic mass is 9.83. The van der Waals surface area contributed by atoms with E-state index >= 15 is 0 Å². The quantitative estimate of drug-likeness (QED) is 0.683. The average molecular weight is 285 g/mol. The van der Waals surface area contributed by atoms with Crippen molar-refractivity contribution in [2.45, 2.75) is 72.1 Å². The van der Waals surface area contributed by atoms with Crippen LogP contribution in [0.5, 0.6) is 0 Å². The van der Waals surface area contributed by atoms with Crippen LogP contribution in [0.1, 0.15) is 76.0 Å². The van der Waals surface area contributed by atoms with Crippen LogP contribution in [-0.4, -0.2) is 0 Å². The van der Waals surface area contributed by atoms with E-state index in [0.29, 0.717) is 0 Å². The van der Waals surface area contributed by atoms with Gasteiger partial charge < -0.3 is 5.73 Å². The SMILES string of the molecule is CCCc1ccc(N)c(/C=C(\C)C2CCCCC2)c1CC. The number of allylic oxidation sites excluding steroid dienone is 1. The van der Waals surface area contributed by atoms with Crippen LogP contribution in [0, 0.1) is 5.92 Å². The first kappa shape index (κ1) is 16.1.